The summed E-state index contributed by atoms with van der Waals surface area (Å²) in [7, 11) is 0. The van der Waals surface area contributed by atoms with Gasteiger partial charge >= 0.3 is 0 Å². The van der Waals surface area contributed by atoms with Crippen molar-refractivity contribution in [1.82, 2.24) is 14.9 Å². The molecule has 0 radical (unpaired) electrons. The van der Waals surface area contributed by atoms with Gasteiger partial charge < -0.3 is 14.6 Å². The molecule has 2 aliphatic rings. The molecule has 2 fully saturated rings. The van der Waals surface area contributed by atoms with E-state index >= 15 is 0 Å². The van der Waals surface area contributed by atoms with Crippen molar-refractivity contribution in [3.63, 3.8) is 0 Å². The number of piperidine rings is 1. The molecule has 0 unspecified atom stereocenters. The molecule has 20 heavy (non-hydrogen) atoms. The second-order valence-electron chi connectivity index (χ2n) is 5.96. The third-order valence-electron chi connectivity index (χ3n) is 4.41. The van der Waals surface area contributed by atoms with Gasteiger partial charge in [0, 0.05) is 50.0 Å². The third-order valence-corrected chi connectivity index (χ3v) is 4.41. The maximum absolute atomic E-state index is 12.6. The minimum Gasteiger partial charge on any atom is -0.381 e. The van der Waals surface area contributed by atoms with Crippen molar-refractivity contribution < 1.29 is 9.53 Å². The number of aryl methyl sites for hydroxylation is 1. The Morgan fingerprint density at radius 1 is 1.40 bits per heavy atom. The second-order valence-corrected chi connectivity index (χ2v) is 5.96. The van der Waals surface area contributed by atoms with E-state index in [0.29, 0.717) is 11.8 Å². The highest BCUT2D eigenvalue weighted by Gasteiger charge is 2.31. The van der Waals surface area contributed by atoms with E-state index in [0.717, 1.165) is 63.5 Å². The van der Waals surface area contributed by atoms with Crippen LogP contribution in [0, 0.1) is 12.8 Å². The predicted octanol–water partition coefficient (Wildman–Crippen LogP) is 1.85. The van der Waals surface area contributed by atoms with Crippen molar-refractivity contribution in [3.8, 4) is 0 Å². The summed E-state index contributed by atoms with van der Waals surface area (Å²) in [6, 6.07) is 0. The molecular weight excluding hydrogens is 254 g/mol. The number of hydrogen-bond acceptors (Lipinski definition) is 3. The average Bonchev–Trinajstić information content (AvgIpc) is 2.94. The van der Waals surface area contributed by atoms with Crippen molar-refractivity contribution in [1.29, 1.82) is 0 Å². The smallest absolute Gasteiger partial charge is 0.225 e. The Morgan fingerprint density at radius 2 is 2.20 bits per heavy atom. The number of amides is 1. The Hall–Kier alpha value is -1.36. The number of aromatic nitrogens is 2. The lowest BCUT2D eigenvalue weighted by atomic mass is 9.93. The quantitative estimate of drug-likeness (QED) is 0.897. The molecule has 2 saturated heterocycles. The Labute approximate surface area is 119 Å². The number of aromatic amines is 1. The number of ether oxygens (including phenoxy) is 1. The molecule has 5 nitrogen and oxygen atoms in total. The van der Waals surface area contributed by atoms with Gasteiger partial charge in [0.2, 0.25) is 5.91 Å². The molecular formula is C15H23N3O2. The fraction of sp³-hybridized carbons (Fsp3) is 0.733. The highest BCUT2D eigenvalue weighted by atomic mass is 16.5. The van der Waals surface area contributed by atoms with Gasteiger partial charge in [0.1, 0.15) is 5.82 Å². The van der Waals surface area contributed by atoms with Gasteiger partial charge in [0.05, 0.1) is 0 Å². The number of nitrogens with one attached hydrogen (secondary N) is 1. The molecule has 0 aliphatic carbocycles. The lowest BCUT2D eigenvalue weighted by Crippen LogP contribution is -2.43. The third kappa shape index (κ3) is 2.87. The van der Waals surface area contributed by atoms with Gasteiger partial charge in [-0.3, -0.25) is 4.79 Å². The number of hydrogen-bond donors (Lipinski definition) is 1. The van der Waals surface area contributed by atoms with Crippen LogP contribution in [0.4, 0.5) is 0 Å². The van der Waals surface area contributed by atoms with Gasteiger partial charge in [-0.2, -0.15) is 0 Å². The van der Waals surface area contributed by atoms with E-state index in [9.17, 15) is 4.79 Å². The van der Waals surface area contributed by atoms with E-state index in [1.165, 1.54) is 0 Å². The second kappa shape index (κ2) is 5.95. The van der Waals surface area contributed by atoms with E-state index in [-0.39, 0.29) is 5.92 Å². The van der Waals surface area contributed by atoms with E-state index in [1.807, 2.05) is 18.0 Å². The molecule has 0 saturated carbocycles. The zero-order chi connectivity index (χ0) is 13.9. The molecule has 1 atom stereocenters. The topological polar surface area (TPSA) is 58.2 Å². The van der Waals surface area contributed by atoms with E-state index < -0.39 is 0 Å². The minimum atomic E-state index is 0.167. The summed E-state index contributed by atoms with van der Waals surface area (Å²) in [6.45, 7) is 5.18. The molecule has 110 valence electrons. The molecule has 1 amide bonds. The average molecular weight is 277 g/mol. The lowest BCUT2D eigenvalue weighted by molar-refractivity contribution is -0.139. The first-order valence-electron chi connectivity index (χ1n) is 7.62. The molecule has 3 rings (SSSR count). The van der Waals surface area contributed by atoms with Crippen LogP contribution in [0.25, 0.3) is 0 Å². The molecule has 0 spiro atoms. The van der Waals surface area contributed by atoms with Crippen LogP contribution in [0.2, 0.25) is 0 Å². The number of carbonyl (C=O) groups is 1. The van der Waals surface area contributed by atoms with Crippen LogP contribution in [0.3, 0.4) is 0 Å². The van der Waals surface area contributed by atoms with Gasteiger partial charge in [0.15, 0.2) is 0 Å². The molecule has 3 heterocycles. The standard InChI is InChI=1S/C15H23N3O2/c1-11-9-16-14(17-11)13-3-2-6-18(10-13)15(19)12-4-7-20-8-5-12/h9,12-13H,2-8,10H2,1H3,(H,16,17)/t13-/m1/s1. The molecule has 1 N–H and O–H groups in total. The number of H-pyrrole nitrogens is 1. The predicted molar refractivity (Wildman–Crippen MR) is 75.4 cm³/mol. The van der Waals surface area contributed by atoms with Gasteiger partial charge in [-0.1, -0.05) is 0 Å². The fourth-order valence-corrected chi connectivity index (χ4v) is 3.24. The number of imidazole rings is 1. The Balaban J connectivity index is 1.63. The van der Waals surface area contributed by atoms with Gasteiger partial charge in [0.25, 0.3) is 0 Å². The molecule has 0 aromatic carbocycles. The molecule has 1 aromatic heterocycles. The zero-order valence-corrected chi connectivity index (χ0v) is 12.1. The van der Waals surface area contributed by atoms with Crippen molar-refractivity contribution in [2.45, 2.75) is 38.5 Å². The largest absolute Gasteiger partial charge is 0.381 e. The number of nitrogens with zero attached hydrogens (tertiary/aromatic N) is 2. The van der Waals surface area contributed by atoms with Crippen LogP contribution < -0.4 is 0 Å². The van der Waals surface area contributed by atoms with Crippen LogP contribution in [0.15, 0.2) is 6.20 Å². The molecule has 1 aromatic rings. The number of rotatable bonds is 2. The Kier molecular flexibility index (Phi) is 4.05. The van der Waals surface area contributed by atoms with Crippen molar-refractivity contribution in [3.05, 3.63) is 17.7 Å². The summed E-state index contributed by atoms with van der Waals surface area (Å²) >= 11 is 0. The Morgan fingerprint density at radius 3 is 2.90 bits per heavy atom. The monoisotopic (exact) mass is 277 g/mol. The van der Waals surface area contributed by atoms with E-state index in [2.05, 4.69) is 9.97 Å². The van der Waals surface area contributed by atoms with Gasteiger partial charge in [-0.15, -0.1) is 0 Å². The molecule has 2 aliphatic heterocycles. The summed E-state index contributed by atoms with van der Waals surface area (Å²) in [5.41, 5.74) is 1.09. The summed E-state index contributed by atoms with van der Waals surface area (Å²) in [4.78, 5) is 22.4. The van der Waals surface area contributed by atoms with Crippen molar-refractivity contribution in [2.24, 2.45) is 5.92 Å². The van der Waals surface area contributed by atoms with Crippen LogP contribution in [0.1, 0.15) is 43.1 Å². The van der Waals surface area contributed by atoms with Crippen LogP contribution in [-0.4, -0.2) is 47.1 Å². The lowest BCUT2D eigenvalue weighted by Gasteiger charge is -2.35. The number of carbonyl (C=O) groups excluding carboxylic acids is 1. The van der Waals surface area contributed by atoms with Crippen molar-refractivity contribution in [2.75, 3.05) is 26.3 Å². The zero-order valence-electron chi connectivity index (χ0n) is 12.1. The fourth-order valence-electron chi connectivity index (χ4n) is 3.24. The minimum absolute atomic E-state index is 0.167. The highest BCUT2D eigenvalue weighted by Crippen LogP contribution is 2.27. The summed E-state index contributed by atoms with van der Waals surface area (Å²) in [5.74, 6) is 1.88. The first kappa shape index (κ1) is 13.6. The maximum atomic E-state index is 12.6. The highest BCUT2D eigenvalue weighted by molar-refractivity contribution is 5.79. The summed E-state index contributed by atoms with van der Waals surface area (Å²) in [5, 5.41) is 0. The number of likely N-dealkylation sites (tertiary alicyclic amines) is 1. The SMILES string of the molecule is Cc1cnc([C@@H]2CCCN(C(=O)C3CCOCC3)C2)[nH]1. The van der Waals surface area contributed by atoms with Crippen LogP contribution in [-0.2, 0) is 9.53 Å². The van der Waals surface area contributed by atoms with Crippen LogP contribution in [0.5, 0.6) is 0 Å². The molecule has 0 bridgehead atoms. The van der Waals surface area contributed by atoms with E-state index in [4.69, 9.17) is 4.74 Å². The first-order chi connectivity index (χ1) is 9.74. The van der Waals surface area contributed by atoms with Crippen LogP contribution >= 0.6 is 0 Å². The molecule has 5 heteroatoms. The maximum Gasteiger partial charge on any atom is 0.225 e. The summed E-state index contributed by atoms with van der Waals surface area (Å²) in [6.07, 6.45) is 5.80. The summed E-state index contributed by atoms with van der Waals surface area (Å²) < 4.78 is 5.34. The Bertz CT molecular complexity index is 465. The van der Waals surface area contributed by atoms with Gasteiger partial charge in [-0.05, 0) is 32.6 Å². The normalized spacial score (nSPS) is 24.9. The first-order valence-corrected chi connectivity index (χ1v) is 7.62. The van der Waals surface area contributed by atoms with Gasteiger partial charge in [-0.25, -0.2) is 4.98 Å². The van der Waals surface area contributed by atoms with E-state index in [1.54, 1.807) is 0 Å². The van der Waals surface area contributed by atoms with Crippen molar-refractivity contribution >= 4 is 5.91 Å².